The molecule has 0 unspecified atom stereocenters. The lowest BCUT2D eigenvalue weighted by Crippen LogP contribution is -2.46. The highest BCUT2D eigenvalue weighted by atomic mass is 28.4. The molecular weight excluding hydrogens is 236 g/mol. The molecule has 0 saturated heterocycles. The fraction of sp³-hybridized carbons (Fsp3) is 0.750. The van der Waals surface area contributed by atoms with Gasteiger partial charge in [-0.1, -0.05) is 39.0 Å². The minimum Gasteiger partial charge on any atom is -0.413 e. The molecule has 0 aromatic carbocycles. The van der Waals surface area contributed by atoms with Crippen LogP contribution < -0.4 is 0 Å². The molecule has 0 heterocycles. The standard InChI is InChI=1S/C16H30OSi/c1-7-8-11-14-12-9-10-13-15(14)17-18(5,6)16(2,3)4/h7,9-10,14-15H,1,8,11-13H2,2-6H3/t14-,15-/m0/s1. The van der Waals surface area contributed by atoms with Crippen LogP contribution in [0, 0.1) is 5.92 Å². The summed E-state index contributed by atoms with van der Waals surface area (Å²) in [5, 5.41) is 0.303. The summed E-state index contributed by atoms with van der Waals surface area (Å²) in [6.45, 7) is 15.5. The molecule has 2 heteroatoms. The van der Waals surface area contributed by atoms with Gasteiger partial charge in [-0.05, 0) is 49.7 Å². The average molecular weight is 267 g/mol. The molecular formula is C16H30OSi. The highest BCUT2D eigenvalue weighted by Gasteiger charge is 2.40. The quantitative estimate of drug-likeness (QED) is 0.484. The molecule has 1 nitrogen and oxygen atoms in total. The van der Waals surface area contributed by atoms with E-state index in [0.717, 1.165) is 12.8 Å². The second-order valence-corrected chi connectivity index (χ2v) is 11.7. The van der Waals surface area contributed by atoms with Crippen LogP contribution in [-0.4, -0.2) is 14.4 Å². The molecule has 0 radical (unpaired) electrons. The van der Waals surface area contributed by atoms with Crippen molar-refractivity contribution in [3.05, 3.63) is 24.8 Å². The number of rotatable bonds is 5. The van der Waals surface area contributed by atoms with Gasteiger partial charge in [0.25, 0.3) is 0 Å². The molecule has 0 saturated carbocycles. The third-order valence-electron chi connectivity index (χ3n) is 4.49. The Kier molecular flexibility index (Phi) is 5.41. The van der Waals surface area contributed by atoms with Crippen molar-refractivity contribution in [2.45, 2.75) is 70.7 Å². The molecule has 1 aliphatic rings. The minimum atomic E-state index is -1.63. The van der Waals surface area contributed by atoms with Gasteiger partial charge in [-0.2, -0.15) is 0 Å². The summed E-state index contributed by atoms with van der Waals surface area (Å²) in [4.78, 5) is 0. The van der Waals surface area contributed by atoms with Crippen LogP contribution in [0.25, 0.3) is 0 Å². The summed E-state index contributed by atoms with van der Waals surface area (Å²) in [5.41, 5.74) is 0. The molecule has 2 atom stereocenters. The first-order valence-corrected chi connectivity index (χ1v) is 10.1. The summed E-state index contributed by atoms with van der Waals surface area (Å²) in [7, 11) is -1.63. The molecule has 0 N–H and O–H groups in total. The first-order chi connectivity index (χ1) is 8.28. The van der Waals surface area contributed by atoms with Crippen molar-refractivity contribution in [1.29, 1.82) is 0 Å². The predicted octanol–water partition coefficient (Wildman–Crippen LogP) is 5.31. The van der Waals surface area contributed by atoms with Gasteiger partial charge in [0.15, 0.2) is 8.32 Å². The summed E-state index contributed by atoms with van der Waals surface area (Å²) >= 11 is 0. The second-order valence-electron chi connectivity index (χ2n) is 6.99. The Morgan fingerprint density at radius 1 is 1.28 bits per heavy atom. The zero-order valence-electron chi connectivity index (χ0n) is 12.8. The van der Waals surface area contributed by atoms with Crippen molar-refractivity contribution in [2.75, 3.05) is 0 Å². The van der Waals surface area contributed by atoms with E-state index >= 15 is 0 Å². The van der Waals surface area contributed by atoms with Gasteiger partial charge >= 0.3 is 0 Å². The maximum Gasteiger partial charge on any atom is 0.192 e. The van der Waals surface area contributed by atoms with E-state index in [4.69, 9.17) is 4.43 Å². The molecule has 1 aliphatic carbocycles. The summed E-state index contributed by atoms with van der Waals surface area (Å²) < 4.78 is 6.61. The van der Waals surface area contributed by atoms with E-state index in [1.807, 2.05) is 6.08 Å². The van der Waals surface area contributed by atoms with Gasteiger partial charge in [-0.3, -0.25) is 0 Å². The van der Waals surface area contributed by atoms with Crippen molar-refractivity contribution >= 4 is 8.32 Å². The van der Waals surface area contributed by atoms with Crippen LogP contribution in [0.1, 0.15) is 46.5 Å². The van der Waals surface area contributed by atoms with E-state index in [2.05, 4.69) is 52.6 Å². The lowest BCUT2D eigenvalue weighted by atomic mass is 9.88. The summed E-state index contributed by atoms with van der Waals surface area (Å²) in [5.74, 6) is 0.683. The van der Waals surface area contributed by atoms with Crippen molar-refractivity contribution in [3.63, 3.8) is 0 Å². The molecule has 18 heavy (non-hydrogen) atoms. The van der Waals surface area contributed by atoms with Gasteiger partial charge in [-0.25, -0.2) is 0 Å². The Labute approximate surface area is 114 Å². The van der Waals surface area contributed by atoms with Crippen LogP contribution in [0.5, 0.6) is 0 Å². The molecule has 0 fully saturated rings. The van der Waals surface area contributed by atoms with Crippen LogP contribution in [0.4, 0.5) is 0 Å². The lowest BCUT2D eigenvalue weighted by molar-refractivity contribution is 0.110. The zero-order chi connectivity index (χ0) is 13.8. The van der Waals surface area contributed by atoms with Crippen molar-refractivity contribution in [3.8, 4) is 0 Å². The Morgan fingerprint density at radius 2 is 1.89 bits per heavy atom. The maximum absolute atomic E-state index is 6.61. The normalized spacial score (nSPS) is 25.2. The van der Waals surface area contributed by atoms with Crippen LogP contribution >= 0.6 is 0 Å². The third kappa shape index (κ3) is 4.10. The van der Waals surface area contributed by atoms with Crippen molar-refractivity contribution < 1.29 is 4.43 Å². The summed E-state index contributed by atoms with van der Waals surface area (Å²) in [6.07, 6.45) is 11.7. The number of hydrogen-bond acceptors (Lipinski definition) is 1. The SMILES string of the molecule is C=CCC[C@H]1CC=CC[C@@H]1O[Si](C)(C)C(C)(C)C. The van der Waals surface area contributed by atoms with Crippen LogP contribution in [-0.2, 0) is 4.43 Å². The summed E-state index contributed by atoms with van der Waals surface area (Å²) in [6, 6.07) is 0. The van der Waals surface area contributed by atoms with E-state index in [1.165, 1.54) is 12.8 Å². The Balaban J connectivity index is 2.68. The third-order valence-corrected chi connectivity index (χ3v) is 9.00. The lowest BCUT2D eigenvalue weighted by Gasteiger charge is -2.42. The number of allylic oxidation sites excluding steroid dienone is 2. The minimum absolute atomic E-state index is 0.303. The van der Waals surface area contributed by atoms with E-state index in [1.54, 1.807) is 0 Å². The smallest absolute Gasteiger partial charge is 0.192 e. The van der Waals surface area contributed by atoms with Crippen molar-refractivity contribution in [1.82, 2.24) is 0 Å². The molecule has 0 aromatic heterocycles. The Bertz CT molecular complexity index is 299. The van der Waals surface area contributed by atoms with E-state index in [-0.39, 0.29) is 0 Å². The van der Waals surface area contributed by atoms with Crippen LogP contribution in [0.3, 0.4) is 0 Å². The molecule has 0 spiro atoms. The monoisotopic (exact) mass is 266 g/mol. The van der Waals surface area contributed by atoms with E-state index in [9.17, 15) is 0 Å². The molecule has 104 valence electrons. The van der Waals surface area contributed by atoms with Crippen LogP contribution in [0.2, 0.25) is 18.1 Å². The largest absolute Gasteiger partial charge is 0.413 e. The zero-order valence-corrected chi connectivity index (χ0v) is 13.8. The average Bonchev–Trinajstić information content (AvgIpc) is 2.26. The van der Waals surface area contributed by atoms with E-state index < -0.39 is 8.32 Å². The Morgan fingerprint density at radius 3 is 2.44 bits per heavy atom. The molecule has 0 amide bonds. The highest BCUT2D eigenvalue weighted by Crippen LogP contribution is 2.40. The van der Waals surface area contributed by atoms with Crippen LogP contribution in [0.15, 0.2) is 24.8 Å². The number of hydrogen-bond donors (Lipinski definition) is 0. The highest BCUT2D eigenvalue weighted by molar-refractivity contribution is 6.74. The molecule has 0 aromatic rings. The first kappa shape index (κ1) is 15.7. The van der Waals surface area contributed by atoms with Gasteiger partial charge in [0, 0.05) is 0 Å². The second kappa shape index (κ2) is 6.20. The Hall–Kier alpha value is -0.343. The molecule has 1 rings (SSSR count). The van der Waals surface area contributed by atoms with Gasteiger partial charge < -0.3 is 4.43 Å². The van der Waals surface area contributed by atoms with Crippen molar-refractivity contribution in [2.24, 2.45) is 5.92 Å². The fourth-order valence-electron chi connectivity index (χ4n) is 2.18. The van der Waals surface area contributed by atoms with Gasteiger partial charge in [0.2, 0.25) is 0 Å². The van der Waals surface area contributed by atoms with Gasteiger partial charge in [0.05, 0.1) is 6.10 Å². The molecule has 0 bridgehead atoms. The van der Waals surface area contributed by atoms with E-state index in [0.29, 0.717) is 17.1 Å². The molecule has 0 aliphatic heterocycles. The predicted molar refractivity (Wildman–Crippen MR) is 83.4 cm³/mol. The maximum atomic E-state index is 6.61. The fourth-order valence-corrected chi connectivity index (χ4v) is 3.58. The van der Waals surface area contributed by atoms with Gasteiger partial charge in [-0.15, -0.1) is 6.58 Å². The first-order valence-electron chi connectivity index (χ1n) is 7.21. The topological polar surface area (TPSA) is 9.23 Å². The van der Waals surface area contributed by atoms with Gasteiger partial charge in [0.1, 0.15) is 0 Å².